The minimum Gasteiger partial charge on any atom is -0.363 e. The number of aromatic nitrogens is 2. The zero-order valence-corrected chi connectivity index (χ0v) is 10.7. The fourth-order valence-electron chi connectivity index (χ4n) is 1.47. The standard InChI is InChI=1S/C12H11Cl2N3/c1-8(9-2-4-10(13)5-3-9)16-11-6-7-15-12(14)17-11/h2-8H,1H3,(H,15,16,17). The van der Waals surface area contributed by atoms with Crippen LogP contribution < -0.4 is 5.32 Å². The fraction of sp³-hybridized carbons (Fsp3) is 0.167. The Kier molecular flexibility index (Phi) is 3.82. The van der Waals surface area contributed by atoms with Gasteiger partial charge in [0.15, 0.2) is 0 Å². The van der Waals surface area contributed by atoms with Crippen molar-refractivity contribution < 1.29 is 0 Å². The molecule has 0 bridgehead atoms. The molecule has 0 saturated heterocycles. The van der Waals surface area contributed by atoms with Crippen molar-refractivity contribution in [1.82, 2.24) is 9.97 Å². The Hall–Kier alpha value is -1.32. The van der Waals surface area contributed by atoms with Crippen LogP contribution >= 0.6 is 23.2 Å². The Bertz CT molecular complexity index is 499. The lowest BCUT2D eigenvalue weighted by Gasteiger charge is -2.14. The van der Waals surface area contributed by atoms with Gasteiger partial charge >= 0.3 is 0 Å². The van der Waals surface area contributed by atoms with Gasteiger partial charge in [-0.25, -0.2) is 9.97 Å². The number of anilines is 1. The number of nitrogens with one attached hydrogen (secondary N) is 1. The summed E-state index contributed by atoms with van der Waals surface area (Å²) in [7, 11) is 0. The number of nitrogens with zero attached hydrogens (tertiary/aromatic N) is 2. The van der Waals surface area contributed by atoms with Crippen LogP contribution in [0.4, 0.5) is 5.82 Å². The lowest BCUT2D eigenvalue weighted by atomic mass is 10.1. The van der Waals surface area contributed by atoms with Crippen molar-refractivity contribution in [3.05, 3.63) is 52.4 Å². The van der Waals surface area contributed by atoms with E-state index in [0.717, 1.165) is 10.6 Å². The van der Waals surface area contributed by atoms with Crippen molar-refractivity contribution in [2.45, 2.75) is 13.0 Å². The van der Waals surface area contributed by atoms with E-state index in [-0.39, 0.29) is 11.3 Å². The molecule has 1 aromatic heterocycles. The molecule has 2 aromatic rings. The maximum Gasteiger partial charge on any atom is 0.224 e. The van der Waals surface area contributed by atoms with Crippen molar-refractivity contribution in [1.29, 1.82) is 0 Å². The molecule has 17 heavy (non-hydrogen) atoms. The normalized spacial score (nSPS) is 12.2. The Labute approximate surface area is 110 Å². The number of benzene rings is 1. The second-order valence-electron chi connectivity index (χ2n) is 3.63. The molecule has 0 spiro atoms. The SMILES string of the molecule is CC(Nc1ccnc(Cl)n1)c1ccc(Cl)cc1. The van der Waals surface area contributed by atoms with Crippen LogP contribution in [0.1, 0.15) is 18.5 Å². The van der Waals surface area contributed by atoms with Crippen LogP contribution in [0.3, 0.4) is 0 Å². The molecule has 1 unspecified atom stereocenters. The van der Waals surface area contributed by atoms with Crippen molar-refractivity contribution >= 4 is 29.0 Å². The van der Waals surface area contributed by atoms with Crippen molar-refractivity contribution in [3.63, 3.8) is 0 Å². The Morgan fingerprint density at radius 3 is 2.47 bits per heavy atom. The summed E-state index contributed by atoms with van der Waals surface area (Å²) in [5.74, 6) is 0.701. The van der Waals surface area contributed by atoms with E-state index in [0.29, 0.717) is 5.82 Å². The molecule has 0 aliphatic rings. The van der Waals surface area contributed by atoms with Gasteiger partial charge in [0.25, 0.3) is 0 Å². The van der Waals surface area contributed by atoms with Gasteiger partial charge in [0.1, 0.15) is 5.82 Å². The first-order chi connectivity index (χ1) is 8.15. The molecule has 1 N–H and O–H groups in total. The topological polar surface area (TPSA) is 37.8 Å². The first-order valence-electron chi connectivity index (χ1n) is 5.16. The van der Waals surface area contributed by atoms with Crippen LogP contribution in [0.15, 0.2) is 36.5 Å². The van der Waals surface area contributed by atoms with Crippen molar-refractivity contribution in [2.75, 3.05) is 5.32 Å². The van der Waals surface area contributed by atoms with Gasteiger partial charge in [-0.2, -0.15) is 0 Å². The van der Waals surface area contributed by atoms with Gasteiger partial charge in [0.2, 0.25) is 5.28 Å². The highest BCUT2D eigenvalue weighted by atomic mass is 35.5. The zero-order valence-electron chi connectivity index (χ0n) is 9.19. The van der Waals surface area contributed by atoms with Crippen LogP contribution in [-0.2, 0) is 0 Å². The molecule has 1 heterocycles. The van der Waals surface area contributed by atoms with Gasteiger partial charge in [0, 0.05) is 17.3 Å². The van der Waals surface area contributed by atoms with Crippen LogP contribution in [-0.4, -0.2) is 9.97 Å². The summed E-state index contributed by atoms with van der Waals surface area (Å²) in [6.07, 6.45) is 1.62. The lowest BCUT2D eigenvalue weighted by molar-refractivity contribution is 0.872. The van der Waals surface area contributed by atoms with Gasteiger partial charge in [-0.3, -0.25) is 0 Å². The van der Waals surface area contributed by atoms with E-state index in [1.807, 2.05) is 31.2 Å². The molecule has 0 amide bonds. The number of hydrogen-bond acceptors (Lipinski definition) is 3. The monoisotopic (exact) mass is 267 g/mol. The van der Waals surface area contributed by atoms with E-state index >= 15 is 0 Å². The molecule has 3 nitrogen and oxygen atoms in total. The molecule has 5 heteroatoms. The van der Waals surface area contributed by atoms with Gasteiger partial charge in [0.05, 0.1) is 0 Å². The molecular weight excluding hydrogens is 257 g/mol. The second kappa shape index (κ2) is 5.34. The third-order valence-corrected chi connectivity index (χ3v) is 2.79. The number of rotatable bonds is 3. The van der Waals surface area contributed by atoms with E-state index in [2.05, 4.69) is 15.3 Å². The highest BCUT2D eigenvalue weighted by Crippen LogP contribution is 2.20. The van der Waals surface area contributed by atoms with Gasteiger partial charge in [-0.1, -0.05) is 23.7 Å². The fourth-order valence-corrected chi connectivity index (χ4v) is 1.75. The highest BCUT2D eigenvalue weighted by Gasteiger charge is 2.06. The second-order valence-corrected chi connectivity index (χ2v) is 4.40. The molecule has 0 aliphatic carbocycles. The summed E-state index contributed by atoms with van der Waals surface area (Å²) >= 11 is 11.6. The minimum absolute atomic E-state index is 0.123. The third kappa shape index (κ3) is 3.32. The zero-order chi connectivity index (χ0) is 12.3. The molecule has 2 rings (SSSR count). The van der Waals surface area contributed by atoms with Gasteiger partial charge in [-0.15, -0.1) is 0 Å². The molecule has 0 aliphatic heterocycles. The van der Waals surface area contributed by atoms with E-state index < -0.39 is 0 Å². The Morgan fingerprint density at radius 2 is 1.82 bits per heavy atom. The minimum atomic E-state index is 0.123. The molecule has 88 valence electrons. The maximum atomic E-state index is 5.84. The first-order valence-corrected chi connectivity index (χ1v) is 5.91. The average Bonchev–Trinajstić information content (AvgIpc) is 2.29. The maximum absolute atomic E-state index is 5.84. The third-order valence-electron chi connectivity index (χ3n) is 2.36. The van der Waals surface area contributed by atoms with Crippen LogP contribution in [0.2, 0.25) is 10.3 Å². The predicted molar refractivity (Wildman–Crippen MR) is 70.5 cm³/mol. The predicted octanol–water partition coefficient (Wildman–Crippen LogP) is 3.96. The van der Waals surface area contributed by atoms with Crippen LogP contribution in [0.25, 0.3) is 0 Å². The van der Waals surface area contributed by atoms with E-state index in [4.69, 9.17) is 23.2 Å². The summed E-state index contributed by atoms with van der Waals surface area (Å²) in [4.78, 5) is 7.90. The van der Waals surface area contributed by atoms with Gasteiger partial charge in [-0.05, 0) is 42.3 Å². The van der Waals surface area contributed by atoms with Gasteiger partial charge < -0.3 is 5.32 Å². The summed E-state index contributed by atoms with van der Waals surface area (Å²) in [6.45, 7) is 2.04. The largest absolute Gasteiger partial charge is 0.363 e. The number of halogens is 2. The quantitative estimate of drug-likeness (QED) is 0.856. The smallest absolute Gasteiger partial charge is 0.224 e. The Morgan fingerprint density at radius 1 is 1.12 bits per heavy atom. The Balaban J connectivity index is 2.11. The molecular formula is C12H11Cl2N3. The van der Waals surface area contributed by atoms with Crippen LogP contribution in [0, 0.1) is 0 Å². The molecule has 0 radical (unpaired) electrons. The summed E-state index contributed by atoms with van der Waals surface area (Å²) in [6, 6.07) is 9.58. The molecule has 0 saturated carbocycles. The first kappa shape index (κ1) is 12.1. The average molecular weight is 268 g/mol. The van der Waals surface area contributed by atoms with Crippen LogP contribution in [0.5, 0.6) is 0 Å². The molecule has 0 fully saturated rings. The van der Waals surface area contributed by atoms with Crippen molar-refractivity contribution in [2.24, 2.45) is 0 Å². The van der Waals surface area contributed by atoms with E-state index in [1.54, 1.807) is 12.3 Å². The number of hydrogen-bond donors (Lipinski definition) is 1. The molecule has 1 aromatic carbocycles. The highest BCUT2D eigenvalue weighted by molar-refractivity contribution is 6.30. The van der Waals surface area contributed by atoms with Crippen molar-refractivity contribution in [3.8, 4) is 0 Å². The summed E-state index contributed by atoms with van der Waals surface area (Å²) in [5.41, 5.74) is 1.13. The lowest BCUT2D eigenvalue weighted by Crippen LogP contribution is -2.07. The van der Waals surface area contributed by atoms with E-state index in [1.165, 1.54) is 0 Å². The summed E-state index contributed by atoms with van der Waals surface area (Å²) in [5, 5.41) is 4.20. The summed E-state index contributed by atoms with van der Waals surface area (Å²) < 4.78 is 0. The molecule has 1 atom stereocenters. The van der Waals surface area contributed by atoms with E-state index in [9.17, 15) is 0 Å².